The first kappa shape index (κ1) is 10.9. The number of carbonyl (C=O) groups is 1. The Balaban J connectivity index is 3.08. The molecule has 1 rings (SSSR count). The SMILES string of the molecule is COC(=O)c1cncc([Si](C)(C)C)c1. The second-order valence-electron chi connectivity index (χ2n) is 4.20. The van der Waals surface area contributed by atoms with Gasteiger partial charge in [0.2, 0.25) is 0 Å². The van der Waals surface area contributed by atoms with Crippen LogP contribution in [0.1, 0.15) is 10.4 Å². The summed E-state index contributed by atoms with van der Waals surface area (Å²) in [5.74, 6) is -0.322. The van der Waals surface area contributed by atoms with Gasteiger partial charge in [0.15, 0.2) is 0 Å². The van der Waals surface area contributed by atoms with E-state index >= 15 is 0 Å². The fraction of sp³-hybridized carbons (Fsp3) is 0.400. The van der Waals surface area contributed by atoms with Crippen molar-refractivity contribution in [1.29, 1.82) is 0 Å². The van der Waals surface area contributed by atoms with E-state index in [2.05, 4.69) is 29.4 Å². The van der Waals surface area contributed by atoms with Crippen molar-refractivity contribution in [3.05, 3.63) is 24.0 Å². The smallest absolute Gasteiger partial charge is 0.339 e. The van der Waals surface area contributed by atoms with E-state index in [-0.39, 0.29) is 5.97 Å². The van der Waals surface area contributed by atoms with Gasteiger partial charge in [0.05, 0.1) is 20.7 Å². The molecule has 0 amide bonds. The summed E-state index contributed by atoms with van der Waals surface area (Å²) in [6.45, 7) is 6.64. The molecular weight excluding hydrogens is 194 g/mol. The lowest BCUT2D eigenvalue weighted by molar-refractivity contribution is 0.0600. The zero-order chi connectivity index (χ0) is 10.8. The number of rotatable bonds is 2. The molecule has 1 heterocycles. The van der Waals surface area contributed by atoms with Crippen LogP contribution >= 0.6 is 0 Å². The summed E-state index contributed by atoms with van der Waals surface area (Å²) in [6.07, 6.45) is 3.37. The minimum Gasteiger partial charge on any atom is -0.465 e. The van der Waals surface area contributed by atoms with E-state index in [0.717, 1.165) is 0 Å². The molecule has 0 fully saturated rings. The fourth-order valence-corrected chi connectivity index (χ4v) is 2.13. The van der Waals surface area contributed by atoms with Crippen molar-refractivity contribution in [2.45, 2.75) is 19.6 Å². The molecule has 0 saturated heterocycles. The highest BCUT2D eigenvalue weighted by molar-refractivity contribution is 6.88. The minimum absolute atomic E-state index is 0.322. The number of hydrogen-bond acceptors (Lipinski definition) is 3. The van der Waals surface area contributed by atoms with Crippen LogP contribution in [0, 0.1) is 0 Å². The molecule has 0 atom stereocenters. The molecule has 1 aromatic heterocycles. The number of carbonyl (C=O) groups excluding carboxylic acids is 1. The normalized spacial score (nSPS) is 11.1. The highest BCUT2D eigenvalue weighted by Gasteiger charge is 2.18. The lowest BCUT2D eigenvalue weighted by Gasteiger charge is -2.16. The van der Waals surface area contributed by atoms with Gasteiger partial charge in [-0.05, 0) is 11.3 Å². The lowest BCUT2D eigenvalue weighted by Crippen LogP contribution is -2.38. The summed E-state index contributed by atoms with van der Waals surface area (Å²) in [6, 6.07) is 1.88. The van der Waals surface area contributed by atoms with Crippen molar-refractivity contribution in [2.75, 3.05) is 7.11 Å². The predicted molar refractivity (Wildman–Crippen MR) is 58.6 cm³/mol. The van der Waals surface area contributed by atoms with Crippen LogP contribution in [0.4, 0.5) is 0 Å². The number of pyridine rings is 1. The summed E-state index contributed by atoms with van der Waals surface area (Å²) < 4.78 is 4.64. The molecule has 0 radical (unpaired) electrons. The van der Waals surface area contributed by atoms with Gasteiger partial charge in [0.25, 0.3) is 0 Å². The molecule has 0 aromatic carbocycles. The Kier molecular flexibility index (Phi) is 3.05. The monoisotopic (exact) mass is 209 g/mol. The van der Waals surface area contributed by atoms with Crippen LogP contribution in [-0.4, -0.2) is 26.1 Å². The highest BCUT2D eigenvalue weighted by Crippen LogP contribution is 2.04. The Morgan fingerprint density at radius 1 is 1.36 bits per heavy atom. The third kappa shape index (κ3) is 2.42. The molecule has 0 N–H and O–H groups in total. The largest absolute Gasteiger partial charge is 0.465 e. The van der Waals surface area contributed by atoms with Crippen LogP contribution in [0.3, 0.4) is 0 Å². The number of aromatic nitrogens is 1. The van der Waals surface area contributed by atoms with Gasteiger partial charge in [-0.25, -0.2) is 4.79 Å². The first-order valence-electron chi connectivity index (χ1n) is 4.49. The third-order valence-electron chi connectivity index (χ3n) is 2.03. The molecule has 4 heteroatoms. The van der Waals surface area contributed by atoms with E-state index in [0.29, 0.717) is 5.56 Å². The zero-order valence-electron chi connectivity index (χ0n) is 9.00. The van der Waals surface area contributed by atoms with Crippen molar-refractivity contribution in [3.8, 4) is 0 Å². The summed E-state index contributed by atoms with van der Waals surface area (Å²) in [5.41, 5.74) is 0.535. The van der Waals surface area contributed by atoms with Gasteiger partial charge in [-0.1, -0.05) is 19.6 Å². The van der Waals surface area contributed by atoms with E-state index in [1.165, 1.54) is 18.5 Å². The second-order valence-corrected chi connectivity index (χ2v) is 9.28. The molecule has 0 aliphatic heterocycles. The Labute approximate surface area is 85.1 Å². The average molecular weight is 209 g/mol. The van der Waals surface area contributed by atoms with E-state index < -0.39 is 8.07 Å². The minimum atomic E-state index is -1.39. The first-order valence-corrected chi connectivity index (χ1v) is 7.99. The molecule has 3 nitrogen and oxygen atoms in total. The van der Waals surface area contributed by atoms with Gasteiger partial charge in [-0.2, -0.15) is 0 Å². The highest BCUT2D eigenvalue weighted by atomic mass is 28.3. The summed E-state index contributed by atoms with van der Waals surface area (Å²) in [7, 11) is -0.0151. The van der Waals surface area contributed by atoms with E-state index in [4.69, 9.17) is 0 Å². The summed E-state index contributed by atoms with van der Waals surface area (Å²) >= 11 is 0. The number of methoxy groups -OCH3 is 1. The molecule has 1 aromatic rings. The Morgan fingerprint density at radius 2 is 2.00 bits per heavy atom. The average Bonchev–Trinajstić information content (AvgIpc) is 2.15. The molecule has 0 aliphatic carbocycles. The van der Waals surface area contributed by atoms with Crippen LogP contribution in [0.5, 0.6) is 0 Å². The van der Waals surface area contributed by atoms with Gasteiger partial charge in [-0.15, -0.1) is 0 Å². The van der Waals surface area contributed by atoms with Crippen LogP contribution in [-0.2, 0) is 4.74 Å². The van der Waals surface area contributed by atoms with Crippen molar-refractivity contribution in [1.82, 2.24) is 4.98 Å². The van der Waals surface area contributed by atoms with E-state index in [1.54, 1.807) is 0 Å². The number of ether oxygens (including phenoxy) is 1. The predicted octanol–water partition coefficient (Wildman–Crippen LogP) is 1.41. The molecule has 0 aliphatic rings. The maximum absolute atomic E-state index is 11.2. The zero-order valence-corrected chi connectivity index (χ0v) is 10.00. The van der Waals surface area contributed by atoms with Gasteiger partial charge < -0.3 is 4.74 Å². The van der Waals surface area contributed by atoms with Crippen molar-refractivity contribution in [3.63, 3.8) is 0 Å². The van der Waals surface area contributed by atoms with E-state index in [1.807, 2.05) is 12.3 Å². The van der Waals surface area contributed by atoms with Gasteiger partial charge >= 0.3 is 5.97 Å². The van der Waals surface area contributed by atoms with Crippen molar-refractivity contribution < 1.29 is 9.53 Å². The number of esters is 1. The molecule has 0 spiro atoms. The van der Waals surface area contributed by atoms with Crippen molar-refractivity contribution >= 4 is 19.2 Å². The van der Waals surface area contributed by atoms with Crippen LogP contribution in [0.25, 0.3) is 0 Å². The number of hydrogen-bond donors (Lipinski definition) is 0. The molecule has 14 heavy (non-hydrogen) atoms. The maximum Gasteiger partial charge on any atom is 0.339 e. The second kappa shape index (κ2) is 3.92. The van der Waals surface area contributed by atoms with Gasteiger partial charge in [0.1, 0.15) is 0 Å². The van der Waals surface area contributed by atoms with Gasteiger partial charge in [0, 0.05) is 12.4 Å². The first-order chi connectivity index (χ1) is 6.45. The van der Waals surface area contributed by atoms with Gasteiger partial charge in [-0.3, -0.25) is 4.98 Å². The Morgan fingerprint density at radius 3 is 2.50 bits per heavy atom. The summed E-state index contributed by atoms with van der Waals surface area (Å²) in [5, 5.41) is 1.17. The van der Waals surface area contributed by atoms with Crippen LogP contribution in [0.15, 0.2) is 18.5 Å². The maximum atomic E-state index is 11.2. The molecule has 0 bridgehead atoms. The van der Waals surface area contributed by atoms with Crippen molar-refractivity contribution in [2.24, 2.45) is 0 Å². The standard InChI is InChI=1S/C10H15NO2Si/c1-13-10(12)8-5-9(7-11-6-8)14(2,3)4/h5-7H,1-4H3. The molecule has 76 valence electrons. The Hall–Kier alpha value is -1.16. The molecule has 0 saturated carbocycles. The molecule has 0 unspecified atom stereocenters. The Bertz CT molecular complexity index is 344. The number of nitrogens with zero attached hydrogens (tertiary/aromatic N) is 1. The lowest BCUT2D eigenvalue weighted by atomic mass is 10.3. The van der Waals surface area contributed by atoms with Crippen LogP contribution in [0.2, 0.25) is 19.6 Å². The quantitative estimate of drug-likeness (QED) is 0.546. The molecular formula is C10H15NO2Si. The summed E-state index contributed by atoms with van der Waals surface area (Å²) in [4.78, 5) is 15.3. The van der Waals surface area contributed by atoms with E-state index in [9.17, 15) is 4.79 Å². The van der Waals surface area contributed by atoms with Crippen LogP contribution < -0.4 is 5.19 Å². The fourth-order valence-electron chi connectivity index (χ4n) is 1.08. The topological polar surface area (TPSA) is 39.2 Å². The third-order valence-corrected chi connectivity index (χ3v) is 4.03.